The van der Waals surface area contributed by atoms with Gasteiger partial charge in [0.2, 0.25) is 5.91 Å². The smallest absolute Gasteiger partial charge is 0.221 e. The zero-order valence-electron chi connectivity index (χ0n) is 12.0. The molecule has 0 aliphatic rings. The number of carbonyl (C=O) groups excluding carboxylic acids is 1. The van der Waals surface area contributed by atoms with Gasteiger partial charge in [-0.1, -0.05) is 26.0 Å². The quantitative estimate of drug-likeness (QED) is 0.708. The Balaban J connectivity index is 2.60. The number of rotatable bonds is 7. The summed E-state index contributed by atoms with van der Waals surface area (Å²) in [5.41, 5.74) is 1.74. The first kappa shape index (κ1) is 15.7. The number of carbonyl (C=O) groups is 1. The van der Waals surface area contributed by atoms with Crippen molar-refractivity contribution in [2.75, 3.05) is 11.9 Å². The van der Waals surface area contributed by atoms with Crippen molar-refractivity contribution in [1.29, 1.82) is 0 Å². The maximum atomic E-state index is 10.9. The molecule has 0 atom stereocenters. The van der Waals surface area contributed by atoms with E-state index in [4.69, 9.17) is 0 Å². The Kier molecular flexibility index (Phi) is 5.99. The Morgan fingerprint density at radius 2 is 1.79 bits per heavy atom. The standard InChI is InChI=1S/C15H24N2O2/c1-4-15(5-2,11-18)16-10-13-6-8-14(9-7-13)17-12(3)19/h6-9,16,18H,4-5,10-11H2,1-3H3,(H,17,19). The molecule has 0 saturated carbocycles. The molecule has 4 heteroatoms. The van der Waals surface area contributed by atoms with Crippen LogP contribution in [-0.4, -0.2) is 23.2 Å². The molecule has 0 heterocycles. The minimum absolute atomic E-state index is 0.0675. The number of benzene rings is 1. The van der Waals surface area contributed by atoms with Gasteiger partial charge in [0.1, 0.15) is 0 Å². The lowest BCUT2D eigenvalue weighted by Crippen LogP contribution is -2.47. The number of hydrogen-bond donors (Lipinski definition) is 3. The number of amides is 1. The Bertz CT molecular complexity index is 389. The van der Waals surface area contributed by atoms with E-state index >= 15 is 0 Å². The summed E-state index contributed by atoms with van der Waals surface area (Å²) in [7, 11) is 0. The maximum absolute atomic E-state index is 10.9. The monoisotopic (exact) mass is 264 g/mol. The molecule has 0 spiro atoms. The van der Waals surface area contributed by atoms with Gasteiger partial charge in [-0.2, -0.15) is 0 Å². The van der Waals surface area contributed by atoms with Crippen LogP contribution < -0.4 is 10.6 Å². The predicted molar refractivity (Wildman–Crippen MR) is 78.0 cm³/mol. The van der Waals surface area contributed by atoms with Gasteiger partial charge in [-0.3, -0.25) is 4.79 Å². The summed E-state index contributed by atoms with van der Waals surface area (Å²) in [5.74, 6) is -0.0675. The van der Waals surface area contributed by atoms with Gasteiger partial charge in [0.25, 0.3) is 0 Å². The van der Waals surface area contributed by atoms with E-state index in [-0.39, 0.29) is 18.1 Å². The van der Waals surface area contributed by atoms with Crippen LogP contribution in [-0.2, 0) is 11.3 Å². The van der Waals surface area contributed by atoms with Crippen LogP contribution in [0.2, 0.25) is 0 Å². The van der Waals surface area contributed by atoms with Gasteiger partial charge in [0.15, 0.2) is 0 Å². The van der Waals surface area contributed by atoms with Crippen LogP contribution in [0.25, 0.3) is 0 Å². The summed E-state index contributed by atoms with van der Waals surface area (Å²) in [6.07, 6.45) is 1.79. The number of anilines is 1. The summed E-state index contributed by atoms with van der Waals surface area (Å²) in [5, 5.41) is 15.6. The normalized spacial score (nSPS) is 11.4. The highest BCUT2D eigenvalue weighted by Gasteiger charge is 2.23. The molecule has 0 radical (unpaired) electrons. The third-order valence-electron chi connectivity index (χ3n) is 3.60. The Labute approximate surface area is 115 Å². The summed E-state index contributed by atoms with van der Waals surface area (Å²) >= 11 is 0. The molecular formula is C15H24N2O2. The molecule has 1 aromatic carbocycles. The third-order valence-corrected chi connectivity index (χ3v) is 3.60. The topological polar surface area (TPSA) is 61.4 Å². The van der Waals surface area contributed by atoms with Crippen LogP contribution in [0.3, 0.4) is 0 Å². The van der Waals surface area contributed by atoms with Crippen LogP contribution in [0.5, 0.6) is 0 Å². The minimum atomic E-state index is -0.198. The molecule has 106 valence electrons. The first-order chi connectivity index (χ1) is 9.05. The lowest BCUT2D eigenvalue weighted by atomic mass is 9.93. The van der Waals surface area contributed by atoms with Gasteiger partial charge in [-0.05, 0) is 30.5 Å². The summed E-state index contributed by atoms with van der Waals surface area (Å²) < 4.78 is 0. The van der Waals surface area contributed by atoms with E-state index in [9.17, 15) is 9.90 Å². The minimum Gasteiger partial charge on any atom is -0.394 e. The first-order valence-electron chi connectivity index (χ1n) is 6.77. The molecule has 0 saturated heterocycles. The fraction of sp³-hybridized carbons (Fsp3) is 0.533. The van der Waals surface area contributed by atoms with Crippen molar-refractivity contribution < 1.29 is 9.90 Å². The van der Waals surface area contributed by atoms with Crippen molar-refractivity contribution in [1.82, 2.24) is 5.32 Å². The van der Waals surface area contributed by atoms with E-state index < -0.39 is 0 Å². The van der Waals surface area contributed by atoms with Gasteiger partial charge < -0.3 is 15.7 Å². The van der Waals surface area contributed by atoms with Crippen LogP contribution in [0, 0.1) is 0 Å². The third kappa shape index (κ3) is 4.65. The van der Waals surface area contributed by atoms with E-state index in [2.05, 4.69) is 24.5 Å². The first-order valence-corrected chi connectivity index (χ1v) is 6.77. The second kappa shape index (κ2) is 7.26. The second-order valence-corrected chi connectivity index (χ2v) is 4.88. The Hall–Kier alpha value is -1.39. The molecule has 19 heavy (non-hydrogen) atoms. The zero-order chi connectivity index (χ0) is 14.3. The average molecular weight is 264 g/mol. The van der Waals surface area contributed by atoms with E-state index in [1.54, 1.807) is 0 Å². The second-order valence-electron chi connectivity index (χ2n) is 4.88. The molecule has 0 aliphatic carbocycles. The van der Waals surface area contributed by atoms with Crippen LogP contribution in [0.4, 0.5) is 5.69 Å². The van der Waals surface area contributed by atoms with Crippen molar-refractivity contribution in [3.8, 4) is 0 Å². The molecule has 4 nitrogen and oxygen atoms in total. The highest BCUT2D eigenvalue weighted by Crippen LogP contribution is 2.16. The highest BCUT2D eigenvalue weighted by molar-refractivity contribution is 5.88. The van der Waals surface area contributed by atoms with Gasteiger partial charge in [0, 0.05) is 24.7 Å². The molecule has 1 aromatic rings. The highest BCUT2D eigenvalue weighted by atomic mass is 16.3. The lowest BCUT2D eigenvalue weighted by Gasteiger charge is -2.31. The van der Waals surface area contributed by atoms with Crippen molar-refractivity contribution in [2.45, 2.75) is 45.7 Å². The van der Waals surface area contributed by atoms with Crippen LogP contribution in [0.15, 0.2) is 24.3 Å². The Morgan fingerprint density at radius 3 is 2.21 bits per heavy atom. The van der Waals surface area contributed by atoms with E-state index in [0.717, 1.165) is 24.1 Å². The van der Waals surface area contributed by atoms with Crippen molar-refractivity contribution in [3.05, 3.63) is 29.8 Å². The van der Waals surface area contributed by atoms with E-state index in [0.29, 0.717) is 6.54 Å². The number of aliphatic hydroxyl groups excluding tert-OH is 1. The van der Waals surface area contributed by atoms with E-state index in [1.807, 2.05) is 24.3 Å². The van der Waals surface area contributed by atoms with Gasteiger partial charge in [-0.15, -0.1) is 0 Å². The van der Waals surface area contributed by atoms with Gasteiger partial charge >= 0.3 is 0 Å². The average Bonchev–Trinajstić information content (AvgIpc) is 2.42. The predicted octanol–water partition coefficient (Wildman–Crippen LogP) is 2.29. The molecule has 3 N–H and O–H groups in total. The number of aliphatic hydroxyl groups is 1. The molecule has 1 rings (SSSR count). The van der Waals surface area contributed by atoms with Crippen LogP contribution >= 0.6 is 0 Å². The molecular weight excluding hydrogens is 240 g/mol. The molecule has 0 fully saturated rings. The fourth-order valence-electron chi connectivity index (χ4n) is 1.98. The molecule has 1 amide bonds. The fourth-order valence-corrected chi connectivity index (χ4v) is 1.98. The largest absolute Gasteiger partial charge is 0.394 e. The summed E-state index contributed by atoms with van der Waals surface area (Å²) in [6.45, 7) is 6.50. The van der Waals surface area contributed by atoms with Gasteiger partial charge in [-0.25, -0.2) is 0 Å². The summed E-state index contributed by atoms with van der Waals surface area (Å²) in [4.78, 5) is 10.9. The molecule has 0 bridgehead atoms. The number of hydrogen-bond acceptors (Lipinski definition) is 3. The molecule has 0 unspecified atom stereocenters. The van der Waals surface area contributed by atoms with Crippen LogP contribution in [0.1, 0.15) is 39.2 Å². The zero-order valence-corrected chi connectivity index (χ0v) is 12.0. The van der Waals surface area contributed by atoms with E-state index in [1.165, 1.54) is 6.92 Å². The molecule has 0 aromatic heterocycles. The van der Waals surface area contributed by atoms with Crippen molar-refractivity contribution >= 4 is 11.6 Å². The molecule has 0 aliphatic heterocycles. The van der Waals surface area contributed by atoms with Gasteiger partial charge in [0.05, 0.1) is 6.61 Å². The SMILES string of the molecule is CCC(CC)(CO)NCc1ccc(NC(C)=O)cc1. The maximum Gasteiger partial charge on any atom is 0.221 e. The van der Waals surface area contributed by atoms with Crippen molar-refractivity contribution in [2.24, 2.45) is 0 Å². The summed E-state index contributed by atoms with van der Waals surface area (Å²) in [6, 6.07) is 7.73. The lowest BCUT2D eigenvalue weighted by molar-refractivity contribution is -0.114. The Morgan fingerprint density at radius 1 is 1.21 bits per heavy atom. The van der Waals surface area contributed by atoms with Crippen molar-refractivity contribution in [3.63, 3.8) is 0 Å². The number of nitrogens with one attached hydrogen (secondary N) is 2.